The van der Waals surface area contributed by atoms with Crippen molar-refractivity contribution in [2.75, 3.05) is 32.8 Å². The highest BCUT2D eigenvalue weighted by Crippen LogP contribution is 2.31. The van der Waals surface area contributed by atoms with Crippen LogP contribution in [-0.2, 0) is 14.3 Å². The van der Waals surface area contributed by atoms with E-state index in [9.17, 15) is 9.59 Å². The van der Waals surface area contributed by atoms with Gasteiger partial charge in [-0.3, -0.25) is 14.5 Å². The fourth-order valence-corrected chi connectivity index (χ4v) is 4.48. The Labute approximate surface area is 171 Å². The number of amides is 1. The molecule has 8 heteroatoms. The zero-order valence-corrected chi connectivity index (χ0v) is 17.5. The summed E-state index contributed by atoms with van der Waals surface area (Å²) in [7, 11) is 0. The zero-order valence-electron chi connectivity index (χ0n) is 15.9. The van der Waals surface area contributed by atoms with Crippen molar-refractivity contribution in [2.24, 2.45) is 0 Å². The van der Waals surface area contributed by atoms with Gasteiger partial charge in [0.2, 0.25) is 0 Å². The van der Waals surface area contributed by atoms with Crippen molar-refractivity contribution in [1.29, 1.82) is 0 Å². The molecule has 0 aromatic heterocycles. The van der Waals surface area contributed by atoms with Gasteiger partial charge in [-0.1, -0.05) is 62.5 Å². The van der Waals surface area contributed by atoms with Gasteiger partial charge in [0.1, 0.15) is 4.32 Å². The first kappa shape index (κ1) is 22.2. The number of unbranched alkanes of at least 4 members (excludes halogenated alkanes) is 7. The minimum atomic E-state index is -0.703. The number of carboxylic acid groups (broad SMARTS) is 1. The van der Waals surface area contributed by atoms with Crippen LogP contribution in [0, 0.1) is 0 Å². The van der Waals surface area contributed by atoms with Crippen molar-refractivity contribution in [3.8, 4) is 0 Å². The van der Waals surface area contributed by atoms with Crippen LogP contribution in [0.15, 0.2) is 11.1 Å². The number of hydrogen-bond acceptors (Lipinski definition) is 6. The van der Waals surface area contributed by atoms with Crippen LogP contribution in [-0.4, -0.2) is 64.0 Å². The molecule has 0 spiro atoms. The number of rotatable bonds is 12. The number of thiocarbonyl (C=S) groups is 1. The van der Waals surface area contributed by atoms with E-state index in [1.165, 1.54) is 18.2 Å². The molecule has 2 heterocycles. The average Bonchev–Trinajstić information content (AvgIpc) is 2.91. The van der Waals surface area contributed by atoms with E-state index in [1.807, 2.05) is 6.20 Å². The Hall–Kier alpha value is -1.12. The van der Waals surface area contributed by atoms with Gasteiger partial charge in [0.25, 0.3) is 5.91 Å². The van der Waals surface area contributed by atoms with Crippen LogP contribution >= 0.6 is 24.0 Å². The molecule has 0 saturated carbocycles. The Morgan fingerprint density at radius 3 is 2.30 bits per heavy atom. The number of thioether (sulfide) groups is 1. The number of carboxylic acids is 1. The normalized spacial score (nSPS) is 19.3. The monoisotopic (exact) mass is 414 g/mol. The molecule has 2 rings (SSSR count). The number of ether oxygens (including phenoxy) is 1. The predicted octanol–water partition coefficient (Wildman–Crippen LogP) is 3.62. The van der Waals surface area contributed by atoms with Gasteiger partial charge in [-0.2, -0.15) is 0 Å². The zero-order chi connectivity index (χ0) is 19.5. The van der Waals surface area contributed by atoms with Crippen molar-refractivity contribution in [3.05, 3.63) is 11.1 Å². The first-order chi connectivity index (χ1) is 13.1. The number of aliphatic carboxylic acids is 1. The largest absolute Gasteiger partial charge is 0.481 e. The molecule has 2 aliphatic rings. The lowest BCUT2D eigenvalue weighted by atomic mass is 10.1. The summed E-state index contributed by atoms with van der Waals surface area (Å²) in [6, 6.07) is 0. The Bertz CT molecular complexity index is 548. The highest BCUT2D eigenvalue weighted by Gasteiger charge is 2.32. The van der Waals surface area contributed by atoms with Gasteiger partial charge in [0, 0.05) is 32.3 Å². The Morgan fingerprint density at radius 1 is 1.07 bits per heavy atom. The molecule has 6 nitrogen and oxygen atoms in total. The fourth-order valence-electron chi connectivity index (χ4n) is 3.16. The standard InChI is InChI=1S/C19H30N2O4S2/c22-17(23)9-7-5-3-1-2-4-6-8-10-21-18(24)16(27-19(21)26)15-20-11-13-25-14-12-20/h15H,1-14H2,(H,22,23)/b16-15-. The molecule has 2 fully saturated rings. The third-order valence-corrected chi connectivity index (χ3v) is 6.11. The number of hydrogen-bond donors (Lipinski definition) is 1. The summed E-state index contributed by atoms with van der Waals surface area (Å²) in [5.41, 5.74) is 0. The maximum atomic E-state index is 12.6. The van der Waals surface area contributed by atoms with Crippen LogP contribution in [0.3, 0.4) is 0 Å². The molecule has 0 bridgehead atoms. The van der Waals surface area contributed by atoms with Crippen molar-refractivity contribution < 1.29 is 19.4 Å². The maximum absolute atomic E-state index is 12.6. The van der Waals surface area contributed by atoms with E-state index in [2.05, 4.69) is 4.90 Å². The fraction of sp³-hybridized carbons (Fsp3) is 0.737. The minimum Gasteiger partial charge on any atom is -0.481 e. The summed E-state index contributed by atoms with van der Waals surface area (Å²) in [5, 5.41) is 8.59. The lowest BCUT2D eigenvalue weighted by Crippen LogP contribution is -2.33. The second kappa shape index (κ2) is 12.4. The molecule has 0 aliphatic carbocycles. The van der Waals surface area contributed by atoms with E-state index in [-0.39, 0.29) is 12.3 Å². The molecule has 0 aromatic rings. The molecule has 0 unspecified atom stereocenters. The summed E-state index contributed by atoms with van der Waals surface area (Å²) in [5.74, 6) is -0.666. The number of carbonyl (C=O) groups is 2. The van der Waals surface area contributed by atoms with E-state index in [1.54, 1.807) is 4.90 Å². The first-order valence-corrected chi connectivity index (χ1v) is 11.1. The third-order valence-electron chi connectivity index (χ3n) is 4.74. The smallest absolute Gasteiger partial charge is 0.303 e. The third kappa shape index (κ3) is 8.19. The van der Waals surface area contributed by atoms with E-state index >= 15 is 0 Å². The van der Waals surface area contributed by atoms with Crippen LogP contribution in [0.5, 0.6) is 0 Å². The quantitative estimate of drug-likeness (QED) is 0.297. The van der Waals surface area contributed by atoms with Gasteiger partial charge in [0.15, 0.2) is 0 Å². The van der Waals surface area contributed by atoms with E-state index in [0.29, 0.717) is 24.1 Å². The predicted molar refractivity (Wildman–Crippen MR) is 112 cm³/mol. The topological polar surface area (TPSA) is 70.1 Å². The van der Waals surface area contributed by atoms with Crippen LogP contribution < -0.4 is 0 Å². The molecular formula is C19H30N2O4S2. The molecule has 1 amide bonds. The Balaban J connectivity index is 1.56. The summed E-state index contributed by atoms with van der Waals surface area (Å²) in [6.07, 6.45) is 10.6. The van der Waals surface area contributed by atoms with Crippen LogP contribution in [0.2, 0.25) is 0 Å². The Kier molecular flexibility index (Phi) is 10.2. The van der Waals surface area contributed by atoms with Crippen molar-refractivity contribution >= 4 is 40.2 Å². The molecule has 0 atom stereocenters. The van der Waals surface area contributed by atoms with Crippen LogP contribution in [0.4, 0.5) is 0 Å². The molecule has 2 aliphatic heterocycles. The van der Waals surface area contributed by atoms with Crippen molar-refractivity contribution in [3.63, 3.8) is 0 Å². The van der Waals surface area contributed by atoms with Crippen LogP contribution in [0.25, 0.3) is 0 Å². The second-order valence-electron chi connectivity index (χ2n) is 6.94. The summed E-state index contributed by atoms with van der Waals surface area (Å²) in [4.78, 5) is 27.6. The van der Waals surface area contributed by atoms with Gasteiger partial charge in [0.05, 0.1) is 18.1 Å². The summed E-state index contributed by atoms with van der Waals surface area (Å²) >= 11 is 6.78. The molecule has 152 valence electrons. The number of nitrogens with zero attached hydrogens (tertiary/aromatic N) is 2. The number of carbonyl (C=O) groups excluding carboxylic acids is 1. The average molecular weight is 415 g/mol. The lowest BCUT2D eigenvalue weighted by molar-refractivity contribution is -0.137. The van der Waals surface area contributed by atoms with Gasteiger partial charge < -0.3 is 14.7 Å². The van der Waals surface area contributed by atoms with E-state index < -0.39 is 5.97 Å². The second-order valence-corrected chi connectivity index (χ2v) is 8.61. The molecule has 0 radical (unpaired) electrons. The molecule has 27 heavy (non-hydrogen) atoms. The lowest BCUT2D eigenvalue weighted by Gasteiger charge is -2.25. The van der Waals surface area contributed by atoms with Crippen molar-refractivity contribution in [1.82, 2.24) is 9.80 Å². The molecule has 0 aromatic carbocycles. The summed E-state index contributed by atoms with van der Waals surface area (Å²) < 4.78 is 6.00. The molecular weight excluding hydrogens is 384 g/mol. The van der Waals surface area contributed by atoms with E-state index in [0.717, 1.165) is 62.9 Å². The first-order valence-electron chi connectivity index (χ1n) is 9.87. The van der Waals surface area contributed by atoms with Gasteiger partial charge in [-0.25, -0.2) is 0 Å². The van der Waals surface area contributed by atoms with Gasteiger partial charge in [-0.05, 0) is 12.8 Å². The van der Waals surface area contributed by atoms with E-state index in [4.69, 9.17) is 22.1 Å². The summed E-state index contributed by atoms with van der Waals surface area (Å²) in [6.45, 7) is 3.75. The SMILES string of the molecule is O=C(O)CCCCCCCCCCN1C(=O)/C(=C/N2CCOCC2)SC1=S. The highest BCUT2D eigenvalue weighted by molar-refractivity contribution is 8.26. The highest BCUT2D eigenvalue weighted by atomic mass is 32.2. The van der Waals surface area contributed by atoms with Gasteiger partial charge in [-0.15, -0.1) is 0 Å². The Morgan fingerprint density at radius 2 is 1.67 bits per heavy atom. The minimum absolute atomic E-state index is 0.0370. The van der Waals surface area contributed by atoms with Gasteiger partial charge >= 0.3 is 5.97 Å². The van der Waals surface area contributed by atoms with Crippen LogP contribution in [0.1, 0.15) is 57.8 Å². The number of morpholine rings is 1. The van der Waals surface area contributed by atoms with Crippen molar-refractivity contribution in [2.45, 2.75) is 57.8 Å². The molecule has 2 saturated heterocycles. The molecule has 1 N–H and O–H groups in total. The maximum Gasteiger partial charge on any atom is 0.303 e.